The number of amides is 2. The molecule has 1 aliphatic heterocycles. The van der Waals surface area contributed by atoms with Gasteiger partial charge in [0.25, 0.3) is 11.8 Å². The van der Waals surface area contributed by atoms with Gasteiger partial charge in [-0.1, -0.05) is 35.9 Å². The zero-order chi connectivity index (χ0) is 23.7. The van der Waals surface area contributed by atoms with Gasteiger partial charge in [0, 0.05) is 51.4 Å². The molecule has 0 saturated heterocycles. The van der Waals surface area contributed by atoms with Crippen molar-refractivity contribution < 1.29 is 14.4 Å². The Morgan fingerprint density at radius 3 is 1.91 bits per heavy atom. The Kier molecular flexibility index (Phi) is 5.86. The van der Waals surface area contributed by atoms with Gasteiger partial charge in [-0.05, 0) is 72.5 Å². The molecule has 6 heteroatoms. The van der Waals surface area contributed by atoms with Crippen molar-refractivity contribution in [3.05, 3.63) is 112 Å². The van der Waals surface area contributed by atoms with E-state index in [-0.39, 0.29) is 17.6 Å². The van der Waals surface area contributed by atoms with E-state index in [9.17, 15) is 14.4 Å². The van der Waals surface area contributed by atoms with E-state index in [1.165, 1.54) is 4.90 Å². The third kappa shape index (κ3) is 4.06. The number of carbonyl (C=O) groups is 3. The zero-order valence-corrected chi connectivity index (χ0v) is 19.0. The molecule has 0 aliphatic carbocycles. The Hall–Kier alpha value is -3.96. The molecule has 1 heterocycles. The van der Waals surface area contributed by atoms with Crippen LogP contribution in [0.5, 0.6) is 0 Å². The standard InChI is InChI=1S/C28H21ClN2O3/c29-21-12-8-19(9-13-21)26(32)20-10-14-22(15-11-20)30-16-3-17-31-27(33)23-6-1-4-18-5-2-7-24(25(18)23)28(31)34/h1-2,4-15,30H,3,16-17H2. The van der Waals surface area contributed by atoms with Crippen molar-refractivity contribution in [2.45, 2.75) is 6.42 Å². The molecule has 0 aromatic heterocycles. The van der Waals surface area contributed by atoms with Crippen LogP contribution < -0.4 is 5.32 Å². The van der Waals surface area contributed by atoms with E-state index < -0.39 is 0 Å². The third-order valence-electron chi connectivity index (χ3n) is 6.00. The van der Waals surface area contributed by atoms with E-state index in [1.54, 1.807) is 48.5 Å². The molecule has 2 amide bonds. The van der Waals surface area contributed by atoms with Crippen molar-refractivity contribution in [1.82, 2.24) is 4.90 Å². The number of benzene rings is 4. The van der Waals surface area contributed by atoms with Crippen molar-refractivity contribution >= 4 is 45.7 Å². The molecule has 1 aliphatic rings. The van der Waals surface area contributed by atoms with E-state index in [1.807, 2.05) is 36.4 Å². The summed E-state index contributed by atoms with van der Waals surface area (Å²) >= 11 is 5.89. The highest BCUT2D eigenvalue weighted by atomic mass is 35.5. The molecular weight excluding hydrogens is 448 g/mol. The van der Waals surface area contributed by atoms with Gasteiger partial charge in [-0.3, -0.25) is 19.3 Å². The van der Waals surface area contributed by atoms with Crippen LogP contribution in [0.2, 0.25) is 5.02 Å². The van der Waals surface area contributed by atoms with Gasteiger partial charge < -0.3 is 5.32 Å². The summed E-state index contributed by atoms with van der Waals surface area (Å²) in [6, 6.07) is 25.1. The van der Waals surface area contributed by atoms with E-state index in [0.717, 1.165) is 16.5 Å². The fourth-order valence-electron chi connectivity index (χ4n) is 4.26. The molecular formula is C28H21ClN2O3. The van der Waals surface area contributed by atoms with Gasteiger partial charge in [-0.25, -0.2) is 0 Å². The van der Waals surface area contributed by atoms with E-state index in [0.29, 0.717) is 46.8 Å². The summed E-state index contributed by atoms with van der Waals surface area (Å²) in [5, 5.41) is 5.51. The Morgan fingerprint density at radius 2 is 1.32 bits per heavy atom. The first-order valence-electron chi connectivity index (χ1n) is 11.0. The summed E-state index contributed by atoms with van der Waals surface area (Å²) in [6.45, 7) is 0.899. The zero-order valence-electron chi connectivity index (χ0n) is 18.3. The number of nitrogens with one attached hydrogen (secondary N) is 1. The van der Waals surface area contributed by atoms with Crippen molar-refractivity contribution in [3.63, 3.8) is 0 Å². The van der Waals surface area contributed by atoms with Crippen LogP contribution in [0, 0.1) is 0 Å². The van der Waals surface area contributed by atoms with Crippen molar-refractivity contribution in [2.75, 3.05) is 18.4 Å². The Bertz CT molecular complexity index is 1360. The first-order chi connectivity index (χ1) is 16.5. The van der Waals surface area contributed by atoms with Gasteiger partial charge in [0.05, 0.1) is 0 Å². The van der Waals surface area contributed by atoms with Gasteiger partial charge >= 0.3 is 0 Å². The van der Waals surface area contributed by atoms with Gasteiger partial charge in [0.15, 0.2) is 5.78 Å². The van der Waals surface area contributed by atoms with E-state index in [2.05, 4.69) is 5.32 Å². The second-order valence-electron chi connectivity index (χ2n) is 8.16. The van der Waals surface area contributed by atoms with Crippen molar-refractivity contribution in [2.24, 2.45) is 0 Å². The molecule has 0 saturated carbocycles. The highest BCUT2D eigenvalue weighted by Crippen LogP contribution is 2.30. The predicted octanol–water partition coefficient (Wildman–Crippen LogP) is 5.82. The summed E-state index contributed by atoms with van der Waals surface area (Å²) in [5.74, 6) is -0.570. The minimum Gasteiger partial charge on any atom is -0.385 e. The van der Waals surface area contributed by atoms with Crippen LogP contribution >= 0.6 is 11.6 Å². The maximum absolute atomic E-state index is 13.0. The fourth-order valence-corrected chi connectivity index (χ4v) is 4.39. The molecule has 34 heavy (non-hydrogen) atoms. The lowest BCUT2D eigenvalue weighted by atomic mass is 9.94. The lowest BCUT2D eigenvalue weighted by Gasteiger charge is -2.27. The number of imide groups is 1. The number of nitrogens with zero attached hydrogens (tertiary/aromatic N) is 1. The summed E-state index contributed by atoms with van der Waals surface area (Å²) in [6.07, 6.45) is 0.598. The predicted molar refractivity (Wildman–Crippen MR) is 134 cm³/mol. The second-order valence-corrected chi connectivity index (χ2v) is 8.60. The lowest BCUT2D eigenvalue weighted by molar-refractivity contribution is 0.0610. The third-order valence-corrected chi connectivity index (χ3v) is 6.25. The highest BCUT2D eigenvalue weighted by Gasteiger charge is 2.32. The number of rotatable bonds is 7. The molecule has 5 nitrogen and oxygen atoms in total. The first-order valence-corrected chi connectivity index (χ1v) is 11.4. The van der Waals surface area contributed by atoms with Crippen LogP contribution in [0.25, 0.3) is 10.8 Å². The molecule has 0 unspecified atom stereocenters. The second kappa shape index (κ2) is 9.12. The average molecular weight is 469 g/mol. The van der Waals surface area contributed by atoms with Gasteiger partial charge in [0.2, 0.25) is 0 Å². The molecule has 0 atom stereocenters. The minimum atomic E-state index is -0.251. The maximum Gasteiger partial charge on any atom is 0.261 e. The summed E-state index contributed by atoms with van der Waals surface area (Å²) < 4.78 is 0. The van der Waals surface area contributed by atoms with Crippen LogP contribution in [0.4, 0.5) is 5.69 Å². The first kappa shape index (κ1) is 21.9. The highest BCUT2D eigenvalue weighted by molar-refractivity contribution is 6.30. The smallest absolute Gasteiger partial charge is 0.261 e. The van der Waals surface area contributed by atoms with Gasteiger partial charge in [-0.15, -0.1) is 0 Å². The van der Waals surface area contributed by atoms with E-state index in [4.69, 9.17) is 11.6 Å². The number of carbonyl (C=O) groups excluding carboxylic acids is 3. The minimum absolute atomic E-state index is 0.0689. The number of hydrogen-bond donors (Lipinski definition) is 1. The normalized spacial score (nSPS) is 12.8. The molecule has 5 rings (SSSR count). The Morgan fingerprint density at radius 1 is 0.765 bits per heavy atom. The summed E-state index contributed by atoms with van der Waals surface area (Å²) in [4.78, 5) is 39.8. The summed E-state index contributed by atoms with van der Waals surface area (Å²) in [5.41, 5.74) is 3.17. The number of ketones is 1. The average Bonchev–Trinajstić information content (AvgIpc) is 2.87. The molecule has 4 aromatic rings. The van der Waals surface area contributed by atoms with Crippen LogP contribution in [0.15, 0.2) is 84.9 Å². The van der Waals surface area contributed by atoms with Crippen LogP contribution in [-0.2, 0) is 0 Å². The van der Waals surface area contributed by atoms with Crippen LogP contribution in [0.3, 0.4) is 0 Å². The van der Waals surface area contributed by atoms with Gasteiger partial charge in [0.1, 0.15) is 0 Å². The SMILES string of the molecule is O=C(c1ccc(Cl)cc1)c1ccc(NCCCN2C(=O)c3cccc4cccc(c34)C2=O)cc1. The molecule has 0 bridgehead atoms. The molecule has 1 N–H and O–H groups in total. The fraction of sp³-hybridized carbons (Fsp3) is 0.107. The molecule has 0 radical (unpaired) electrons. The number of hydrogen-bond acceptors (Lipinski definition) is 4. The molecule has 0 fully saturated rings. The lowest BCUT2D eigenvalue weighted by Crippen LogP contribution is -2.41. The van der Waals surface area contributed by atoms with Crippen molar-refractivity contribution in [3.8, 4) is 0 Å². The Balaban J connectivity index is 1.19. The quantitative estimate of drug-likeness (QED) is 0.211. The van der Waals surface area contributed by atoms with Gasteiger partial charge in [-0.2, -0.15) is 0 Å². The van der Waals surface area contributed by atoms with Crippen molar-refractivity contribution in [1.29, 1.82) is 0 Å². The molecule has 168 valence electrons. The van der Waals surface area contributed by atoms with Crippen LogP contribution in [0.1, 0.15) is 43.1 Å². The van der Waals surface area contributed by atoms with Crippen LogP contribution in [-0.4, -0.2) is 35.6 Å². The topological polar surface area (TPSA) is 66.5 Å². The molecule has 4 aromatic carbocycles. The van der Waals surface area contributed by atoms with E-state index >= 15 is 0 Å². The Labute approximate surface area is 202 Å². The number of halogens is 1. The molecule has 0 spiro atoms. The summed E-state index contributed by atoms with van der Waals surface area (Å²) in [7, 11) is 0. The maximum atomic E-state index is 13.0. The number of anilines is 1. The monoisotopic (exact) mass is 468 g/mol. The largest absolute Gasteiger partial charge is 0.385 e.